The average molecular weight is 315 g/mol. The van der Waals surface area contributed by atoms with Crippen LogP contribution in [0.15, 0.2) is 29.4 Å². The highest BCUT2D eigenvalue weighted by Crippen LogP contribution is 2.31. The summed E-state index contributed by atoms with van der Waals surface area (Å²) in [5, 5.41) is 8.82. The van der Waals surface area contributed by atoms with Crippen molar-refractivity contribution in [1.29, 1.82) is 0 Å². The molecule has 0 aliphatic rings. The molecule has 0 amide bonds. The third kappa shape index (κ3) is 3.78. The summed E-state index contributed by atoms with van der Waals surface area (Å²) in [4.78, 5) is 0. The van der Waals surface area contributed by atoms with Crippen LogP contribution < -0.4 is 0 Å². The number of alkyl halides is 3. The number of aromatic nitrogens is 3. The lowest BCUT2D eigenvalue weighted by Gasteiger charge is -2.12. The van der Waals surface area contributed by atoms with Crippen molar-refractivity contribution in [3.8, 4) is 0 Å². The van der Waals surface area contributed by atoms with E-state index in [9.17, 15) is 13.2 Å². The minimum Gasteiger partial charge on any atom is -0.304 e. The van der Waals surface area contributed by atoms with Gasteiger partial charge in [-0.2, -0.15) is 13.2 Å². The number of aryl methyl sites for hydroxylation is 1. The maximum absolute atomic E-state index is 12.7. The van der Waals surface area contributed by atoms with Gasteiger partial charge in [0.1, 0.15) is 5.82 Å². The van der Waals surface area contributed by atoms with Crippen LogP contribution in [-0.4, -0.2) is 14.8 Å². The van der Waals surface area contributed by atoms with E-state index in [-0.39, 0.29) is 6.04 Å². The molecule has 0 spiro atoms. The van der Waals surface area contributed by atoms with Crippen LogP contribution in [0.4, 0.5) is 13.2 Å². The van der Waals surface area contributed by atoms with E-state index >= 15 is 0 Å². The molecule has 1 aromatic carbocycles. The summed E-state index contributed by atoms with van der Waals surface area (Å²) in [5.41, 5.74) is -0.00658. The van der Waals surface area contributed by atoms with Crippen molar-refractivity contribution < 1.29 is 13.2 Å². The van der Waals surface area contributed by atoms with Gasteiger partial charge in [0, 0.05) is 11.8 Å². The van der Waals surface area contributed by atoms with E-state index in [2.05, 4.69) is 10.2 Å². The van der Waals surface area contributed by atoms with E-state index in [1.54, 1.807) is 6.07 Å². The molecule has 1 aromatic heterocycles. The molecule has 0 fully saturated rings. The predicted octanol–water partition coefficient (Wildman–Crippen LogP) is 4.48. The zero-order chi connectivity index (χ0) is 15.6. The van der Waals surface area contributed by atoms with Gasteiger partial charge < -0.3 is 4.57 Å². The van der Waals surface area contributed by atoms with Crippen molar-refractivity contribution in [1.82, 2.24) is 14.8 Å². The van der Waals surface area contributed by atoms with E-state index in [1.165, 1.54) is 23.9 Å². The van der Waals surface area contributed by atoms with Gasteiger partial charge in [0.15, 0.2) is 5.16 Å². The number of rotatable bonds is 4. The van der Waals surface area contributed by atoms with Crippen LogP contribution in [0.1, 0.15) is 36.8 Å². The zero-order valence-electron chi connectivity index (χ0n) is 12.0. The Morgan fingerprint density at radius 1 is 1.24 bits per heavy atom. The summed E-state index contributed by atoms with van der Waals surface area (Å²) < 4.78 is 40.0. The molecule has 0 saturated heterocycles. The molecule has 0 radical (unpaired) electrons. The fourth-order valence-electron chi connectivity index (χ4n) is 2.03. The largest absolute Gasteiger partial charge is 0.416 e. The molecule has 0 aliphatic carbocycles. The van der Waals surface area contributed by atoms with Crippen LogP contribution in [0.25, 0.3) is 0 Å². The van der Waals surface area contributed by atoms with Gasteiger partial charge in [-0.25, -0.2) is 0 Å². The van der Waals surface area contributed by atoms with Gasteiger partial charge in [-0.05, 0) is 32.4 Å². The first-order chi connectivity index (χ1) is 9.79. The van der Waals surface area contributed by atoms with Crippen LogP contribution in [0.5, 0.6) is 0 Å². The molecule has 2 aromatic rings. The second kappa shape index (κ2) is 6.09. The quantitative estimate of drug-likeness (QED) is 0.780. The Labute approximate surface area is 125 Å². The Morgan fingerprint density at radius 3 is 2.57 bits per heavy atom. The zero-order valence-corrected chi connectivity index (χ0v) is 12.8. The maximum atomic E-state index is 12.7. The summed E-state index contributed by atoms with van der Waals surface area (Å²) in [7, 11) is 0. The number of benzene rings is 1. The third-order valence-electron chi connectivity index (χ3n) is 2.97. The number of nitrogens with zero attached hydrogens (tertiary/aromatic N) is 3. The summed E-state index contributed by atoms with van der Waals surface area (Å²) in [6.07, 6.45) is -4.31. The SMILES string of the molecule is Cc1nnc(SCc2cccc(C(F)(F)F)c2)n1C(C)C. The Balaban J connectivity index is 2.14. The first-order valence-electron chi connectivity index (χ1n) is 6.49. The topological polar surface area (TPSA) is 30.7 Å². The second-order valence-electron chi connectivity index (χ2n) is 4.98. The standard InChI is InChI=1S/C14H16F3N3S/c1-9(2)20-10(3)18-19-13(20)21-8-11-5-4-6-12(7-11)14(15,16)17/h4-7,9H,8H2,1-3H3. The van der Waals surface area contributed by atoms with Gasteiger partial charge in [-0.1, -0.05) is 30.0 Å². The third-order valence-corrected chi connectivity index (χ3v) is 3.99. The lowest BCUT2D eigenvalue weighted by molar-refractivity contribution is -0.137. The van der Waals surface area contributed by atoms with Crippen LogP contribution in [0.3, 0.4) is 0 Å². The van der Waals surface area contributed by atoms with Gasteiger partial charge in [0.05, 0.1) is 5.56 Å². The lowest BCUT2D eigenvalue weighted by Crippen LogP contribution is -2.06. The molecule has 7 heteroatoms. The molecule has 0 N–H and O–H groups in total. The molecule has 21 heavy (non-hydrogen) atoms. The van der Waals surface area contributed by atoms with E-state index in [1.807, 2.05) is 25.3 Å². The minimum absolute atomic E-state index is 0.212. The lowest BCUT2D eigenvalue weighted by atomic mass is 10.1. The van der Waals surface area contributed by atoms with Gasteiger partial charge >= 0.3 is 6.18 Å². The smallest absolute Gasteiger partial charge is 0.304 e. The summed E-state index contributed by atoms with van der Waals surface area (Å²) >= 11 is 1.39. The Kier molecular flexibility index (Phi) is 4.61. The summed E-state index contributed by atoms with van der Waals surface area (Å²) in [6, 6.07) is 5.58. The molecular weight excluding hydrogens is 299 g/mol. The van der Waals surface area contributed by atoms with Crippen molar-refractivity contribution in [2.45, 2.75) is 43.9 Å². The van der Waals surface area contributed by atoms with Gasteiger partial charge in [0.25, 0.3) is 0 Å². The normalized spacial score (nSPS) is 12.1. The monoisotopic (exact) mass is 315 g/mol. The molecule has 0 bridgehead atoms. The first kappa shape index (κ1) is 15.9. The first-order valence-corrected chi connectivity index (χ1v) is 7.48. The van der Waals surface area contributed by atoms with Gasteiger partial charge in [-0.15, -0.1) is 10.2 Å². The highest BCUT2D eigenvalue weighted by Gasteiger charge is 2.30. The molecule has 0 atom stereocenters. The second-order valence-corrected chi connectivity index (χ2v) is 5.92. The van der Waals surface area contributed by atoms with Crippen LogP contribution in [-0.2, 0) is 11.9 Å². The number of thioether (sulfide) groups is 1. The molecule has 114 valence electrons. The van der Waals surface area contributed by atoms with Crippen LogP contribution >= 0.6 is 11.8 Å². The van der Waals surface area contributed by atoms with Crippen molar-refractivity contribution in [3.63, 3.8) is 0 Å². The maximum Gasteiger partial charge on any atom is 0.416 e. The Bertz CT molecular complexity index is 620. The van der Waals surface area contributed by atoms with Crippen molar-refractivity contribution in [3.05, 3.63) is 41.2 Å². The van der Waals surface area contributed by atoms with E-state index in [4.69, 9.17) is 0 Å². The predicted molar refractivity (Wildman–Crippen MR) is 76.1 cm³/mol. The summed E-state index contributed by atoms with van der Waals surface area (Å²) in [5.74, 6) is 1.23. The van der Waals surface area contributed by atoms with E-state index in [0.717, 1.165) is 17.0 Å². The molecular formula is C14H16F3N3S. The van der Waals surface area contributed by atoms with Crippen molar-refractivity contribution >= 4 is 11.8 Å². The number of halogens is 3. The minimum atomic E-state index is -4.31. The fourth-order valence-corrected chi connectivity index (χ4v) is 3.08. The highest BCUT2D eigenvalue weighted by molar-refractivity contribution is 7.98. The van der Waals surface area contributed by atoms with Crippen LogP contribution in [0.2, 0.25) is 0 Å². The number of hydrogen-bond donors (Lipinski definition) is 0. The molecule has 1 heterocycles. The highest BCUT2D eigenvalue weighted by atomic mass is 32.2. The van der Waals surface area contributed by atoms with Crippen molar-refractivity contribution in [2.75, 3.05) is 0 Å². The fraction of sp³-hybridized carbons (Fsp3) is 0.429. The molecule has 2 rings (SSSR count). The molecule has 0 saturated carbocycles. The van der Waals surface area contributed by atoms with Gasteiger partial charge in [0.2, 0.25) is 0 Å². The molecule has 3 nitrogen and oxygen atoms in total. The Hall–Kier alpha value is -1.50. The molecule has 0 aliphatic heterocycles. The summed E-state index contributed by atoms with van der Waals surface area (Å²) in [6.45, 7) is 5.90. The van der Waals surface area contributed by atoms with E-state index in [0.29, 0.717) is 11.3 Å². The van der Waals surface area contributed by atoms with E-state index < -0.39 is 11.7 Å². The molecule has 0 unspecified atom stereocenters. The van der Waals surface area contributed by atoms with Crippen molar-refractivity contribution in [2.24, 2.45) is 0 Å². The van der Waals surface area contributed by atoms with Crippen LogP contribution in [0, 0.1) is 6.92 Å². The number of hydrogen-bond acceptors (Lipinski definition) is 3. The Morgan fingerprint density at radius 2 is 1.95 bits per heavy atom. The average Bonchev–Trinajstić information content (AvgIpc) is 2.77. The van der Waals surface area contributed by atoms with Gasteiger partial charge in [-0.3, -0.25) is 0 Å².